The van der Waals surface area contributed by atoms with Gasteiger partial charge >= 0.3 is 0 Å². The maximum Gasteiger partial charge on any atom is 0.0625 e. The number of piperidine rings is 1. The van der Waals surface area contributed by atoms with Gasteiger partial charge in [0.15, 0.2) is 0 Å². The van der Waals surface area contributed by atoms with Crippen molar-refractivity contribution in [1.29, 1.82) is 0 Å². The van der Waals surface area contributed by atoms with Gasteiger partial charge in [-0.15, -0.1) is 0 Å². The molecule has 4 nitrogen and oxygen atoms in total. The van der Waals surface area contributed by atoms with Crippen LogP contribution >= 0.6 is 0 Å². The molecule has 0 saturated carbocycles. The molecule has 4 heteroatoms. The van der Waals surface area contributed by atoms with Gasteiger partial charge in [-0.25, -0.2) is 0 Å². The molecule has 0 aromatic carbocycles. The van der Waals surface area contributed by atoms with Crippen LogP contribution in [0.3, 0.4) is 0 Å². The average Bonchev–Trinajstić information content (AvgIpc) is 2.90. The van der Waals surface area contributed by atoms with E-state index < -0.39 is 0 Å². The predicted molar refractivity (Wildman–Crippen MR) is 83.8 cm³/mol. The zero-order valence-electron chi connectivity index (χ0n) is 13.4. The molecule has 1 saturated heterocycles. The summed E-state index contributed by atoms with van der Waals surface area (Å²) in [7, 11) is 0. The quantitative estimate of drug-likeness (QED) is 0.831. The fourth-order valence-electron chi connectivity index (χ4n) is 3.01. The number of rotatable bonds is 7. The third-order valence-corrected chi connectivity index (χ3v) is 4.47. The number of aryl methyl sites for hydroxylation is 2. The van der Waals surface area contributed by atoms with E-state index in [4.69, 9.17) is 0 Å². The van der Waals surface area contributed by atoms with Crippen molar-refractivity contribution in [2.24, 2.45) is 5.92 Å². The minimum absolute atomic E-state index is 0.849. The van der Waals surface area contributed by atoms with E-state index in [-0.39, 0.29) is 0 Å². The van der Waals surface area contributed by atoms with Crippen molar-refractivity contribution in [1.82, 2.24) is 20.0 Å². The molecular formula is C16H30N4. The molecule has 0 radical (unpaired) electrons. The molecule has 0 atom stereocenters. The second kappa shape index (κ2) is 7.79. The number of nitrogens with zero attached hydrogens (tertiary/aromatic N) is 3. The predicted octanol–water partition coefficient (Wildman–Crippen LogP) is 2.29. The second-order valence-electron chi connectivity index (χ2n) is 5.80. The number of nitrogens with one attached hydrogen (secondary N) is 1. The molecule has 0 amide bonds. The summed E-state index contributed by atoms with van der Waals surface area (Å²) in [5.41, 5.74) is 2.54. The van der Waals surface area contributed by atoms with Gasteiger partial charge in [-0.1, -0.05) is 13.8 Å². The van der Waals surface area contributed by atoms with E-state index in [1.165, 1.54) is 43.9 Å². The lowest BCUT2D eigenvalue weighted by atomic mass is 9.97. The summed E-state index contributed by atoms with van der Waals surface area (Å²) >= 11 is 0. The molecule has 0 spiro atoms. The van der Waals surface area contributed by atoms with Gasteiger partial charge < -0.3 is 10.2 Å². The highest BCUT2D eigenvalue weighted by Gasteiger charge is 2.17. The van der Waals surface area contributed by atoms with Crippen molar-refractivity contribution in [3.63, 3.8) is 0 Å². The molecule has 1 fully saturated rings. The van der Waals surface area contributed by atoms with Gasteiger partial charge in [0.05, 0.1) is 11.4 Å². The van der Waals surface area contributed by atoms with Gasteiger partial charge in [0, 0.05) is 13.1 Å². The summed E-state index contributed by atoms with van der Waals surface area (Å²) < 4.78 is 2.13. The lowest BCUT2D eigenvalue weighted by Gasteiger charge is -2.31. The standard InChI is InChI=1S/C16H30N4/c1-4-15-11-16(20(6-3)18-15)13-17-12-14-7-9-19(5-2)10-8-14/h11,14,17H,4-10,12-13H2,1-3H3. The normalized spacial score (nSPS) is 17.8. The molecule has 2 heterocycles. The van der Waals surface area contributed by atoms with E-state index in [1.54, 1.807) is 0 Å². The van der Waals surface area contributed by atoms with Crippen molar-refractivity contribution in [2.75, 3.05) is 26.2 Å². The highest BCUT2D eigenvalue weighted by molar-refractivity contribution is 5.10. The Morgan fingerprint density at radius 1 is 1.20 bits per heavy atom. The van der Waals surface area contributed by atoms with Crippen molar-refractivity contribution >= 4 is 0 Å². The zero-order chi connectivity index (χ0) is 14.4. The first kappa shape index (κ1) is 15.5. The van der Waals surface area contributed by atoms with Crippen LogP contribution in [0.4, 0.5) is 0 Å². The maximum atomic E-state index is 4.60. The first-order chi connectivity index (χ1) is 9.76. The molecule has 1 N–H and O–H groups in total. The van der Waals surface area contributed by atoms with Crippen LogP contribution in [0.25, 0.3) is 0 Å². The minimum atomic E-state index is 0.849. The van der Waals surface area contributed by atoms with Crippen LogP contribution in [-0.2, 0) is 19.5 Å². The Balaban J connectivity index is 1.74. The fourth-order valence-corrected chi connectivity index (χ4v) is 3.01. The first-order valence-corrected chi connectivity index (χ1v) is 8.25. The Hall–Kier alpha value is -0.870. The summed E-state index contributed by atoms with van der Waals surface area (Å²) in [6, 6.07) is 2.25. The van der Waals surface area contributed by atoms with Crippen LogP contribution in [0.2, 0.25) is 0 Å². The molecule has 0 bridgehead atoms. The molecule has 2 rings (SSSR count). The Bertz CT molecular complexity index is 391. The molecule has 0 aliphatic carbocycles. The van der Waals surface area contributed by atoms with E-state index in [0.717, 1.165) is 32.0 Å². The van der Waals surface area contributed by atoms with Crippen molar-refractivity contribution in [3.05, 3.63) is 17.5 Å². The van der Waals surface area contributed by atoms with E-state index in [9.17, 15) is 0 Å². The third-order valence-electron chi connectivity index (χ3n) is 4.47. The highest BCUT2D eigenvalue weighted by atomic mass is 15.3. The van der Waals surface area contributed by atoms with Crippen LogP contribution in [-0.4, -0.2) is 40.9 Å². The lowest BCUT2D eigenvalue weighted by Crippen LogP contribution is -2.37. The van der Waals surface area contributed by atoms with Crippen LogP contribution in [0.15, 0.2) is 6.07 Å². The smallest absolute Gasteiger partial charge is 0.0625 e. The Morgan fingerprint density at radius 2 is 1.95 bits per heavy atom. The van der Waals surface area contributed by atoms with Crippen molar-refractivity contribution in [2.45, 2.75) is 53.1 Å². The van der Waals surface area contributed by atoms with Crippen molar-refractivity contribution in [3.8, 4) is 0 Å². The molecule has 114 valence electrons. The monoisotopic (exact) mass is 278 g/mol. The lowest BCUT2D eigenvalue weighted by molar-refractivity contribution is 0.190. The van der Waals surface area contributed by atoms with Crippen LogP contribution in [0, 0.1) is 5.92 Å². The summed E-state index contributed by atoms with van der Waals surface area (Å²) in [6.45, 7) is 13.4. The number of likely N-dealkylation sites (tertiary alicyclic amines) is 1. The molecule has 1 aromatic rings. The third kappa shape index (κ3) is 4.06. The Morgan fingerprint density at radius 3 is 2.55 bits per heavy atom. The van der Waals surface area contributed by atoms with Gasteiger partial charge in [0.1, 0.15) is 0 Å². The van der Waals surface area contributed by atoms with E-state index in [2.05, 4.69) is 46.8 Å². The zero-order valence-corrected chi connectivity index (χ0v) is 13.4. The fraction of sp³-hybridized carbons (Fsp3) is 0.812. The maximum absolute atomic E-state index is 4.60. The summed E-state index contributed by atoms with van der Waals surface area (Å²) in [6.07, 6.45) is 3.71. The summed E-state index contributed by atoms with van der Waals surface area (Å²) in [4.78, 5) is 2.55. The largest absolute Gasteiger partial charge is 0.311 e. The van der Waals surface area contributed by atoms with E-state index >= 15 is 0 Å². The Kier molecular flexibility index (Phi) is 6.05. The molecule has 1 aliphatic rings. The van der Waals surface area contributed by atoms with Crippen LogP contribution < -0.4 is 5.32 Å². The van der Waals surface area contributed by atoms with Crippen LogP contribution in [0.1, 0.15) is 45.0 Å². The number of hydrogen-bond acceptors (Lipinski definition) is 3. The van der Waals surface area contributed by atoms with Gasteiger partial charge in [-0.05, 0) is 64.3 Å². The van der Waals surface area contributed by atoms with Gasteiger partial charge in [0.2, 0.25) is 0 Å². The van der Waals surface area contributed by atoms with Gasteiger partial charge in [0.25, 0.3) is 0 Å². The molecular weight excluding hydrogens is 248 g/mol. The van der Waals surface area contributed by atoms with Crippen molar-refractivity contribution < 1.29 is 0 Å². The van der Waals surface area contributed by atoms with E-state index in [1.807, 2.05) is 0 Å². The van der Waals surface area contributed by atoms with Crippen LogP contribution in [0.5, 0.6) is 0 Å². The number of aromatic nitrogens is 2. The minimum Gasteiger partial charge on any atom is -0.311 e. The topological polar surface area (TPSA) is 33.1 Å². The average molecular weight is 278 g/mol. The van der Waals surface area contributed by atoms with Gasteiger partial charge in [-0.2, -0.15) is 5.10 Å². The van der Waals surface area contributed by atoms with Gasteiger partial charge in [-0.3, -0.25) is 4.68 Å². The molecule has 1 aromatic heterocycles. The van der Waals surface area contributed by atoms with E-state index in [0.29, 0.717) is 0 Å². The summed E-state index contributed by atoms with van der Waals surface area (Å²) in [5, 5.41) is 8.24. The summed E-state index contributed by atoms with van der Waals surface area (Å²) in [5.74, 6) is 0.849. The molecule has 20 heavy (non-hydrogen) atoms. The molecule has 1 aliphatic heterocycles. The Labute approximate surface area is 123 Å². The molecule has 0 unspecified atom stereocenters. The SMILES string of the molecule is CCc1cc(CNCC2CCN(CC)CC2)n(CC)n1. The second-order valence-corrected chi connectivity index (χ2v) is 5.80. The highest BCUT2D eigenvalue weighted by Crippen LogP contribution is 2.16. The first-order valence-electron chi connectivity index (χ1n) is 8.25. The number of hydrogen-bond donors (Lipinski definition) is 1.